The van der Waals surface area contributed by atoms with Gasteiger partial charge in [-0.25, -0.2) is 4.98 Å². The van der Waals surface area contributed by atoms with Gasteiger partial charge in [-0.1, -0.05) is 6.07 Å². The Hall–Kier alpha value is -3.06. The predicted octanol–water partition coefficient (Wildman–Crippen LogP) is 2.87. The maximum Gasteiger partial charge on any atom is 0.225 e. The van der Waals surface area contributed by atoms with Gasteiger partial charge in [0, 0.05) is 31.2 Å². The molecule has 7 nitrogen and oxygen atoms in total. The molecule has 3 aromatic heterocycles. The molecule has 0 radical (unpaired) electrons. The van der Waals surface area contributed by atoms with Crippen molar-refractivity contribution in [3.8, 4) is 17.0 Å². The molecule has 3 heterocycles. The molecule has 0 aromatic carbocycles. The lowest BCUT2D eigenvalue weighted by Crippen LogP contribution is -2.03. The van der Waals surface area contributed by atoms with E-state index in [-0.39, 0.29) is 0 Å². The van der Waals surface area contributed by atoms with E-state index >= 15 is 0 Å². The molecule has 1 aliphatic carbocycles. The zero-order valence-electron chi connectivity index (χ0n) is 15.5. The molecule has 0 saturated carbocycles. The second-order valence-electron chi connectivity index (χ2n) is 6.68. The molecule has 0 spiro atoms. The van der Waals surface area contributed by atoms with Crippen molar-refractivity contribution in [2.75, 3.05) is 6.61 Å². The number of aliphatic hydroxyl groups is 1. The smallest absolute Gasteiger partial charge is 0.225 e. The summed E-state index contributed by atoms with van der Waals surface area (Å²) >= 11 is 0. The van der Waals surface area contributed by atoms with Gasteiger partial charge < -0.3 is 9.84 Å². The number of aromatic nitrogens is 5. The van der Waals surface area contributed by atoms with Crippen LogP contribution in [0.2, 0.25) is 0 Å². The Bertz CT molecular complexity index is 1010. The molecule has 3 aromatic rings. The monoisotopic (exact) mass is 363 g/mol. The molecule has 7 heteroatoms. The number of aliphatic hydroxyl groups excluding tert-OH is 1. The van der Waals surface area contributed by atoms with Crippen molar-refractivity contribution in [2.45, 2.75) is 26.4 Å². The maximum absolute atomic E-state index is 10.0. The summed E-state index contributed by atoms with van der Waals surface area (Å²) in [5, 5.41) is 14.4. The largest absolute Gasteiger partial charge is 0.473 e. The summed E-state index contributed by atoms with van der Waals surface area (Å²) in [5.41, 5.74) is 5.53. The fourth-order valence-electron chi connectivity index (χ4n) is 3.04. The number of rotatable bonds is 6. The third-order valence-electron chi connectivity index (χ3n) is 4.47. The number of pyridine rings is 1. The average molecular weight is 363 g/mol. The molecule has 4 rings (SSSR count). The Morgan fingerprint density at radius 3 is 2.85 bits per heavy atom. The molecular weight excluding hydrogens is 342 g/mol. The first-order valence-corrected chi connectivity index (χ1v) is 8.83. The fourth-order valence-corrected chi connectivity index (χ4v) is 3.04. The SMILES string of the molecule is Cc1ncc(-c2cn(C)nc2C(C)O)c(OCC2=C(c3ccccn3)C2)n1. The van der Waals surface area contributed by atoms with E-state index in [4.69, 9.17) is 4.74 Å². The lowest BCUT2D eigenvalue weighted by molar-refractivity contribution is 0.194. The Kier molecular flexibility index (Phi) is 4.45. The van der Waals surface area contributed by atoms with E-state index in [1.165, 1.54) is 11.1 Å². The molecule has 1 unspecified atom stereocenters. The van der Waals surface area contributed by atoms with Crippen molar-refractivity contribution in [1.82, 2.24) is 24.7 Å². The zero-order valence-corrected chi connectivity index (χ0v) is 15.5. The van der Waals surface area contributed by atoms with Gasteiger partial charge in [0.05, 0.1) is 23.1 Å². The Labute approximate surface area is 157 Å². The summed E-state index contributed by atoms with van der Waals surface area (Å²) in [5.74, 6) is 1.13. The van der Waals surface area contributed by atoms with Gasteiger partial charge >= 0.3 is 0 Å². The zero-order chi connectivity index (χ0) is 19.0. The highest BCUT2D eigenvalue weighted by Gasteiger charge is 2.26. The Morgan fingerprint density at radius 1 is 1.26 bits per heavy atom. The summed E-state index contributed by atoms with van der Waals surface area (Å²) in [4.78, 5) is 13.1. The molecule has 0 fully saturated rings. The van der Waals surface area contributed by atoms with Gasteiger partial charge in [0.1, 0.15) is 12.4 Å². The van der Waals surface area contributed by atoms with Crippen LogP contribution in [0.15, 0.2) is 42.4 Å². The van der Waals surface area contributed by atoms with E-state index in [0.29, 0.717) is 24.0 Å². The Morgan fingerprint density at radius 2 is 2.11 bits per heavy atom. The summed E-state index contributed by atoms with van der Waals surface area (Å²) in [6.07, 6.45) is 5.57. The van der Waals surface area contributed by atoms with E-state index in [9.17, 15) is 5.11 Å². The third-order valence-corrected chi connectivity index (χ3v) is 4.47. The van der Waals surface area contributed by atoms with E-state index in [1.54, 1.807) is 24.0 Å². The van der Waals surface area contributed by atoms with Gasteiger partial charge in [-0.2, -0.15) is 10.1 Å². The summed E-state index contributed by atoms with van der Waals surface area (Å²) in [6.45, 7) is 3.97. The molecule has 0 bridgehead atoms. The van der Waals surface area contributed by atoms with Gasteiger partial charge in [0.25, 0.3) is 0 Å². The van der Waals surface area contributed by atoms with Crippen molar-refractivity contribution in [3.63, 3.8) is 0 Å². The normalized spacial score (nSPS) is 14.4. The molecule has 0 amide bonds. The fraction of sp³-hybridized carbons (Fsp3) is 0.300. The molecule has 1 N–H and O–H groups in total. The van der Waals surface area contributed by atoms with Crippen LogP contribution in [0.4, 0.5) is 0 Å². The van der Waals surface area contributed by atoms with Crippen LogP contribution in [0.25, 0.3) is 16.7 Å². The number of ether oxygens (including phenoxy) is 1. The number of nitrogens with zero attached hydrogens (tertiary/aromatic N) is 5. The Balaban J connectivity index is 1.61. The van der Waals surface area contributed by atoms with Gasteiger partial charge in [-0.15, -0.1) is 0 Å². The van der Waals surface area contributed by atoms with Crippen LogP contribution in [-0.4, -0.2) is 36.4 Å². The minimum absolute atomic E-state index is 0.458. The highest BCUT2D eigenvalue weighted by molar-refractivity contribution is 5.81. The van der Waals surface area contributed by atoms with Crippen molar-refractivity contribution in [2.24, 2.45) is 7.05 Å². The first kappa shape index (κ1) is 17.4. The van der Waals surface area contributed by atoms with Crippen LogP contribution < -0.4 is 4.74 Å². The minimum Gasteiger partial charge on any atom is -0.473 e. The van der Waals surface area contributed by atoms with Crippen LogP contribution >= 0.6 is 0 Å². The summed E-state index contributed by atoms with van der Waals surface area (Å²) in [6, 6.07) is 5.90. The third kappa shape index (κ3) is 3.59. The number of hydrogen-bond donors (Lipinski definition) is 1. The first-order chi connectivity index (χ1) is 13.0. The molecule has 27 heavy (non-hydrogen) atoms. The molecular formula is C20H21N5O2. The summed E-state index contributed by atoms with van der Waals surface area (Å²) in [7, 11) is 1.82. The van der Waals surface area contributed by atoms with Crippen molar-refractivity contribution >= 4 is 5.57 Å². The average Bonchev–Trinajstić information content (AvgIpc) is 3.33. The quantitative estimate of drug-likeness (QED) is 0.725. The van der Waals surface area contributed by atoms with E-state index in [0.717, 1.165) is 23.2 Å². The molecule has 1 aliphatic rings. The second kappa shape index (κ2) is 6.92. The van der Waals surface area contributed by atoms with Crippen LogP contribution in [0.5, 0.6) is 5.88 Å². The standard InChI is InChI=1S/C20H21N5O2/c1-12(26)19-17(10-25(3)24-19)16-9-22-13(2)23-20(16)27-11-14-8-15(14)18-6-4-5-7-21-18/h4-7,9-10,12,26H,8,11H2,1-3H3. The molecule has 0 saturated heterocycles. The van der Waals surface area contributed by atoms with E-state index in [2.05, 4.69) is 20.1 Å². The van der Waals surface area contributed by atoms with Crippen molar-refractivity contribution in [3.05, 3.63) is 59.6 Å². The highest BCUT2D eigenvalue weighted by atomic mass is 16.5. The number of hydrogen-bond acceptors (Lipinski definition) is 6. The van der Waals surface area contributed by atoms with Crippen molar-refractivity contribution < 1.29 is 9.84 Å². The van der Waals surface area contributed by atoms with Crippen LogP contribution in [-0.2, 0) is 7.05 Å². The summed E-state index contributed by atoms with van der Waals surface area (Å²) < 4.78 is 7.71. The van der Waals surface area contributed by atoms with Crippen LogP contribution in [0, 0.1) is 6.92 Å². The molecule has 138 valence electrons. The first-order valence-electron chi connectivity index (χ1n) is 8.83. The van der Waals surface area contributed by atoms with Crippen LogP contribution in [0.3, 0.4) is 0 Å². The number of allylic oxidation sites excluding steroid dienone is 1. The second-order valence-corrected chi connectivity index (χ2v) is 6.68. The van der Waals surface area contributed by atoms with Crippen LogP contribution in [0.1, 0.15) is 36.7 Å². The lowest BCUT2D eigenvalue weighted by Gasteiger charge is -2.10. The number of aryl methyl sites for hydroxylation is 2. The van der Waals surface area contributed by atoms with E-state index < -0.39 is 6.10 Å². The lowest BCUT2D eigenvalue weighted by atomic mass is 10.1. The van der Waals surface area contributed by atoms with Gasteiger partial charge in [-0.05, 0) is 43.5 Å². The highest BCUT2D eigenvalue weighted by Crippen LogP contribution is 2.40. The topological polar surface area (TPSA) is 86.0 Å². The predicted molar refractivity (Wildman–Crippen MR) is 101 cm³/mol. The minimum atomic E-state index is -0.697. The molecule has 1 atom stereocenters. The van der Waals surface area contributed by atoms with Gasteiger partial charge in [-0.3, -0.25) is 9.67 Å². The van der Waals surface area contributed by atoms with Gasteiger partial charge in [0.15, 0.2) is 0 Å². The maximum atomic E-state index is 10.0. The van der Waals surface area contributed by atoms with Gasteiger partial charge in [0.2, 0.25) is 5.88 Å². The van der Waals surface area contributed by atoms with Crippen molar-refractivity contribution in [1.29, 1.82) is 0 Å². The molecule has 0 aliphatic heterocycles. The van der Waals surface area contributed by atoms with E-state index in [1.807, 2.05) is 38.4 Å².